The molecule has 9 nitrogen and oxygen atoms in total. The molecule has 1 fully saturated rings. The molecule has 1 aliphatic rings. The molecule has 148 valence electrons. The zero-order chi connectivity index (χ0) is 20.1. The summed E-state index contributed by atoms with van der Waals surface area (Å²) >= 11 is 0. The smallest absolute Gasteiger partial charge is 0.273 e. The highest BCUT2D eigenvalue weighted by Gasteiger charge is 2.30. The average molecular weight is 405 g/mol. The summed E-state index contributed by atoms with van der Waals surface area (Å²) < 4.78 is 31.9. The molecule has 0 saturated carbocycles. The minimum absolute atomic E-state index is 0.121. The maximum absolute atomic E-state index is 12.6. The topological polar surface area (TPSA) is 110 Å². The first-order valence-electron chi connectivity index (χ1n) is 8.58. The minimum Gasteiger partial charge on any atom is -0.484 e. The maximum Gasteiger partial charge on any atom is 0.273 e. The Morgan fingerprint density at radius 3 is 2.36 bits per heavy atom. The van der Waals surface area contributed by atoms with Gasteiger partial charge in [-0.25, -0.2) is 8.42 Å². The van der Waals surface area contributed by atoms with Gasteiger partial charge in [-0.15, -0.1) is 0 Å². The van der Waals surface area contributed by atoms with E-state index in [0.29, 0.717) is 0 Å². The zero-order valence-electron chi connectivity index (χ0n) is 14.9. The van der Waals surface area contributed by atoms with Crippen LogP contribution in [0.3, 0.4) is 0 Å². The van der Waals surface area contributed by atoms with Crippen molar-refractivity contribution < 1.29 is 22.9 Å². The summed E-state index contributed by atoms with van der Waals surface area (Å²) in [5.41, 5.74) is -0.121. The average Bonchev–Trinajstić information content (AvgIpc) is 2.73. The van der Waals surface area contributed by atoms with Crippen LogP contribution in [0.25, 0.3) is 0 Å². The van der Waals surface area contributed by atoms with Gasteiger partial charge in [0.05, 0.1) is 15.9 Å². The molecule has 2 aromatic carbocycles. The monoisotopic (exact) mass is 405 g/mol. The SMILES string of the molecule is O=C(COc1cccc([N+](=O)[O-])c1)N1CCN(S(=O)(=O)c2ccccc2)CC1. The Labute approximate surface area is 162 Å². The number of carbonyl (C=O) groups excluding carboxylic acids is 1. The van der Waals surface area contributed by atoms with E-state index in [0.717, 1.165) is 0 Å². The fourth-order valence-corrected chi connectivity index (χ4v) is 4.29. The van der Waals surface area contributed by atoms with Gasteiger partial charge in [0, 0.05) is 32.2 Å². The number of nitrogens with zero attached hydrogens (tertiary/aromatic N) is 3. The van der Waals surface area contributed by atoms with E-state index in [1.807, 2.05) is 0 Å². The van der Waals surface area contributed by atoms with E-state index in [1.165, 1.54) is 33.5 Å². The molecule has 28 heavy (non-hydrogen) atoms. The molecular weight excluding hydrogens is 386 g/mol. The summed E-state index contributed by atoms with van der Waals surface area (Å²) in [6.07, 6.45) is 0. The third-order valence-electron chi connectivity index (χ3n) is 4.36. The van der Waals surface area contributed by atoms with Crippen LogP contribution in [-0.2, 0) is 14.8 Å². The first-order valence-corrected chi connectivity index (χ1v) is 10.0. The number of hydrogen-bond donors (Lipinski definition) is 0. The number of ether oxygens (including phenoxy) is 1. The van der Waals surface area contributed by atoms with Crippen molar-refractivity contribution in [2.24, 2.45) is 0 Å². The Bertz CT molecular complexity index is 956. The van der Waals surface area contributed by atoms with Crippen molar-refractivity contribution in [2.75, 3.05) is 32.8 Å². The molecule has 0 atom stereocenters. The van der Waals surface area contributed by atoms with E-state index in [-0.39, 0.29) is 55.0 Å². The van der Waals surface area contributed by atoms with Gasteiger partial charge in [-0.1, -0.05) is 24.3 Å². The van der Waals surface area contributed by atoms with E-state index in [9.17, 15) is 23.3 Å². The van der Waals surface area contributed by atoms with Crippen LogP contribution in [0.15, 0.2) is 59.5 Å². The van der Waals surface area contributed by atoms with Gasteiger partial charge in [-0.3, -0.25) is 14.9 Å². The number of non-ortho nitro benzene ring substituents is 1. The molecule has 1 heterocycles. The molecule has 0 N–H and O–H groups in total. The number of nitro groups is 1. The zero-order valence-corrected chi connectivity index (χ0v) is 15.7. The standard InChI is InChI=1S/C18H19N3O6S/c22-18(14-27-16-6-4-5-15(13-16)21(23)24)19-9-11-20(12-10-19)28(25,26)17-7-2-1-3-8-17/h1-8,13H,9-12,14H2. The molecule has 0 aliphatic carbocycles. The maximum atomic E-state index is 12.6. The highest BCUT2D eigenvalue weighted by atomic mass is 32.2. The molecular formula is C18H19N3O6S. The molecule has 1 aliphatic heterocycles. The van der Waals surface area contributed by atoms with Crippen molar-refractivity contribution in [3.63, 3.8) is 0 Å². The molecule has 2 aromatic rings. The van der Waals surface area contributed by atoms with Crippen molar-refractivity contribution >= 4 is 21.6 Å². The lowest BCUT2D eigenvalue weighted by atomic mass is 10.3. The number of hydrogen-bond acceptors (Lipinski definition) is 6. The van der Waals surface area contributed by atoms with Gasteiger partial charge >= 0.3 is 0 Å². The van der Waals surface area contributed by atoms with Crippen LogP contribution < -0.4 is 4.74 Å². The Kier molecular flexibility index (Phi) is 5.90. The van der Waals surface area contributed by atoms with Gasteiger partial charge in [0.15, 0.2) is 6.61 Å². The fraction of sp³-hybridized carbons (Fsp3) is 0.278. The van der Waals surface area contributed by atoms with Crippen LogP contribution in [0, 0.1) is 10.1 Å². The third-order valence-corrected chi connectivity index (χ3v) is 6.28. The lowest BCUT2D eigenvalue weighted by molar-refractivity contribution is -0.384. The van der Waals surface area contributed by atoms with Crippen molar-refractivity contribution in [1.82, 2.24) is 9.21 Å². The number of sulfonamides is 1. The number of benzene rings is 2. The second-order valence-electron chi connectivity index (χ2n) is 6.14. The summed E-state index contributed by atoms with van der Waals surface area (Å²) in [7, 11) is -3.58. The Hall–Kier alpha value is -2.98. The quantitative estimate of drug-likeness (QED) is 0.532. The lowest BCUT2D eigenvalue weighted by Crippen LogP contribution is -2.51. The van der Waals surface area contributed by atoms with Gasteiger partial charge in [-0.2, -0.15) is 4.31 Å². The summed E-state index contributed by atoms with van der Waals surface area (Å²) in [6.45, 7) is 0.624. The third kappa shape index (κ3) is 4.46. The number of amides is 1. The molecule has 10 heteroatoms. The summed E-state index contributed by atoms with van der Waals surface area (Å²) in [5, 5.41) is 10.8. The van der Waals surface area contributed by atoms with Gasteiger partial charge in [0.1, 0.15) is 5.75 Å². The molecule has 0 unspecified atom stereocenters. The van der Waals surface area contributed by atoms with E-state index < -0.39 is 14.9 Å². The van der Waals surface area contributed by atoms with Crippen LogP contribution >= 0.6 is 0 Å². The van der Waals surface area contributed by atoms with Gasteiger partial charge in [-0.05, 0) is 18.2 Å². The number of nitro benzene ring substituents is 1. The first kappa shape index (κ1) is 19.8. The number of piperazine rings is 1. The molecule has 0 bridgehead atoms. The van der Waals surface area contributed by atoms with Crippen molar-refractivity contribution in [3.8, 4) is 5.75 Å². The second kappa shape index (κ2) is 8.36. The van der Waals surface area contributed by atoms with Crippen molar-refractivity contribution in [3.05, 3.63) is 64.7 Å². The van der Waals surface area contributed by atoms with Gasteiger partial charge < -0.3 is 9.64 Å². The second-order valence-corrected chi connectivity index (χ2v) is 8.08. The van der Waals surface area contributed by atoms with Crippen LogP contribution in [0.2, 0.25) is 0 Å². The van der Waals surface area contributed by atoms with Gasteiger partial charge in [0.25, 0.3) is 11.6 Å². The van der Waals surface area contributed by atoms with E-state index in [2.05, 4.69) is 0 Å². The Morgan fingerprint density at radius 2 is 1.71 bits per heavy atom. The summed E-state index contributed by atoms with van der Waals surface area (Å²) in [6, 6.07) is 13.8. The summed E-state index contributed by atoms with van der Waals surface area (Å²) in [5.74, 6) is -0.0730. The normalized spacial score (nSPS) is 15.2. The van der Waals surface area contributed by atoms with Crippen LogP contribution in [0.1, 0.15) is 0 Å². The fourth-order valence-electron chi connectivity index (χ4n) is 2.84. The van der Waals surface area contributed by atoms with Crippen molar-refractivity contribution in [1.29, 1.82) is 0 Å². The van der Waals surface area contributed by atoms with Crippen LogP contribution in [0.5, 0.6) is 5.75 Å². The molecule has 3 rings (SSSR count). The van der Waals surface area contributed by atoms with E-state index in [1.54, 1.807) is 30.3 Å². The van der Waals surface area contributed by atoms with Crippen LogP contribution in [0.4, 0.5) is 5.69 Å². The molecule has 0 aromatic heterocycles. The number of rotatable bonds is 6. The minimum atomic E-state index is -3.58. The highest BCUT2D eigenvalue weighted by molar-refractivity contribution is 7.89. The van der Waals surface area contributed by atoms with Crippen LogP contribution in [-0.4, -0.2) is 61.2 Å². The first-order chi connectivity index (χ1) is 13.4. The van der Waals surface area contributed by atoms with E-state index >= 15 is 0 Å². The van der Waals surface area contributed by atoms with E-state index in [4.69, 9.17) is 4.74 Å². The van der Waals surface area contributed by atoms with Crippen molar-refractivity contribution in [2.45, 2.75) is 4.90 Å². The largest absolute Gasteiger partial charge is 0.484 e. The highest BCUT2D eigenvalue weighted by Crippen LogP contribution is 2.20. The summed E-state index contributed by atoms with van der Waals surface area (Å²) in [4.78, 5) is 24.3. The molecule has 0 spiro atoms. The molecule has 1 saturated heterocycles. The van der Waals surface area contributed by atoms with Gasteiger partial charge in [0.2, 0.25) is 10.0 Å². The Morgan fingerprint density at radius 1 is 1.04 bits per heavy atom. The molecule has 1 amide bonds. The lowest BCUT2D eigenvalue weighted by Gasteiger charge is -2.33. The Balaban J connectivity index is 1.54. The predicted molar refractivity (Wildman–Crippen MR) is 100 cm³/mol. The molecule has 0 radical (unpaired) electrons. The number of carbonyl (C=O) groups is 1. The predicted octanol–water partition coefficient (Wildman–Crippen LogP) is 1.51.